The van der Waals surface area contributed by atoms with Crippen molar-refractivity contribution in [3.05, 3.63) is 58.4 Å². The van der Waals surface area contributed by atoms with Crippen molar-refractivity contribution >= 4 is 17.6 Å². The van der Waals surface area contributed by atoms with Crippen LogP contribution in [0.2, 0.25) is 5.02 Å². The first-order chi connectivity index (χ1) is 8.47. The highest BCUT2D eigenvalue weighted by Crippen LogP contribution is 2.26. The van der Waals surface area contributed by atoms with Crippen molar-refractivity contribution in [3.8, 4) is 11.1 Å². The van der Waals surface area contributed by atoms with Crippen molar-refractivity contribution < 1.29 is 14.3 Å². The number of hydrogen-bond acceptors (Lipinski definition) is 1. The fraction of sp³-hybridized carbons (Fsp3) is 0.0714. The smallest absolute Gasteiger partial charge is 0.335 e. The Kier molecular flexibility index (Phi) is 3.34. The van der Waals surface area contributed by atoms with Gasteiger partial charge in [-0.1, -0.05) is 17.7 Å². The van der Waals surface area contributed by atoms with Gasteiger partial charge in [-0.3, -0.25) is 0 Å². The van der Waals surface area contributed by atoms with Crippen LogP contribution in [-0.2, 0) is 0 Å². The van der Waals surface area contributed by atoms with Crippen molar-refractivity contribution in [2.75, 3.05) is 0 Å². The predicted octanol–water partition coefficient (Wildman–Crippen LogP) is 4.15. The molecule has 92 valence electrons. The molecule has 0 aliphatic heterocycles. The number of aryl methyl sites for hydroxylation is 1. The highest BCUT2D eigenvalue weighted by molar-refractivity contribution is 6.31. The van der Waals surface area contributed by atoms with Crippen LogP contribution in [0.1, 0.15) is 15.9 Å². The molecule has 0 heterocycles. The van der Waals surface area contributed by atoms with Crippen LogP contribution in [0.5, 0.6) is 0 Å². The second kappa shape index (κ2) is 4.78. The van der Waals surface area contributed by atoms with E-state index in [1.165, 1.54) is 18.2 Å². The molecule has 0 saturated carbocycles. The van der Waals surface area contributed by atoms with E-state index in [1.807, 2.05) is 0 Å². The molecule has 0 bridgehead atoms. The van der Waals surface area contributed by atoms with Crippen LogP contribution in [0.4, 0.5) is 4.39 Å². The zero-order chi connectivity index (χ0) is 13.3. The number of benzene rings is 2. The molecule has 0 saturated heterocycles. The van der Waals surface area contributed by atoms with E-state index < -0.39 is 5.97 Å². The zero-order valence-corrected chi connectivity index (χ0v) is 10.3. The Balaban J connectivity index is 2.56. The van der Waals surface area contributed by atoms with Crippen molar-refractivity contribution in [1.82, 2.24) is 0 Å². The third-order valence-corrected chi connectivity index (χ3v) is 2.85. The summed E-state index contributed by atoms with van der Waals surface area (Å²) in [7, 11) is 0. The molecule has 2 aromatic rings. The normalized spacial score (nSPS) is 10.4. The van der Waals surface area contributed by atoms with E-state index in [4.69, 9.17) is 16.7 Å². The highest BCUT2D eigenvalue weighted by atomic mass is 35.5. The van der Waals surface area contributed by atoms with Crippen LogP contribution in [0, 0.1) is 12.7 Å². The summed E-state index contributed by atoms with van der Waals surface area (Å²) >= 11 is 5.88. The van der Waals surface area contributed by atoms with Crippen LogP contribution in [0.25, 0.3) is 11.1 Å². The number of carbonyl (C=O) groups is 1. The molecule has 0 atom stereocenters. The Morgan fingerprint density at radius 1 is 1.17 bits per heavy atom. The van der Waals surface area contributed by atoms with Crippen molar-refractivity contribution in [2.24, 2.45) is 0 Å². The molecule has 0 aliphatic rings. The van der Waals surface area contributed by atoms with Crippen LogP contribution in [-0.4, -0.2) is 11.1 Å². The van der Waals surface area contributed by atoms with Gasteiger partial charge in [0, 0.05) is 5.02 Å². The first-order valence-electron chi connectivity index (χ1n) is 5.28. The van der Waals surface area contributed by atoms with E-state index in [2.05, 4.69) is 0 Å². The molecule has 0 spiro atoms. The highest BCUT2D eigenvalue weighted by Gasteiger charge is 2.08. The van der Waals surface area contributed by atoms with Gasteiger partial charge in [0.05, 0.1) is 5.56 Å². The Morgan fingerprint density at radius 2 is 1.89 bits per heavy atom. The maximum atomic E-state index is 13.2. The molecule has 0 unspecified atom stereocenters. The molecule has 2 nitrogen and oxygen atoms in total. The minimum atomic E-state index is -1.04. The van der Waals surface area contributed by atoms with E-state index in [1.54, 1.807) is 25.1 Å². The van der Waals surface area contributed by atoms with Crippen LogP contribution in [0.3, 0.4) is 0 Å². The third kappa shape index (κ3) is 2.51. The van der Waals surface area contributed by atoms with Gasteiger partial charge in [-0.25, -0.2) is 9.18 Å². The van der Waals surface area contributed by atoms with Gasteiger partial charge in [-0.15, -0.1) is 0 Å². The lowest BCUT2D eigenvalue weighted by Crippen LogP contribution is -1.96. The summed E-state index contributed by atoms with van der Waals surface area (Å²) < 4.78 is 13.2. The van der Waals surface area contributed by atoms with E-state index in [-0.39, 0.29) is 11.4 Å². The van der Waals surface area contributed by atoms with E-state index >= 15 is 0 Å². The molecule has 1 N–H and O–H groups in total. The summed E-state index contributed by atoms with van der Waals surface area (Å²) in [6.07, 6.45) is 0. The third-order valence-electron chi connectivity index (χ3n) is 2.64. The number of hydrogen-bond donors (Lipinski definition) is 1. The first-order valence-corrected chi connectivity index (χ1v) is 5.65. The molecule has 0 aromatic heterocycles. The average molecular weight is 265 g/mol. The number of carboxylic acids is 1. The minimum Gasteiger partial charge on any atom is -0.478 e. The molecule has 2 rings (SSSR count). The average Bonchev–Trinajstić information content (AvgIpc) is 2.31. The molecule has 0 fully saturated rings. The van der Waals surface area contributed by atoms with Gasteiger partial charge in [0.1, 0.15) is 5.82 Å². The van der Waals surface area contributed by atoms with Gasteiger partial charge in [0.2, 0.25) is 0 Å². The standard InChI is InChI=1S/C14H10ClFO2/c1-8-4-9(2-3-13(8)16)10-5-11(14(17)18)7-12(15)6-10/h2-7H,1H3,(H,17,18). The molecule has 0 amide bonds. The lowest BCUT2D eigenvalue weighted by Gasteiger charge is -2.06. The van der Waals surface area contributed by atoms with Gasteiger partial charge in [0.25, 0.3) is 0 Å². The van der Waals surface area contributed by atoms with Gasteiger partial charge in [-0.2, -0.15) is 0 Å². The second-order valence-electron chi connectivity index (χ2n) is 4.00. The van der Waals surface area contributed by atoms with Gasteiger partial charge >= 0.3 is 5.97 Å². The largest absolute Gasteiger partial charge is 0.478 e. The molecule has 0 aliphatic carbocycles. The number of halogens is 2. The van der Waals surface area contributed by atoms with E-state index in [9.17, 15) is 9.18 Å². The zero-order valence-electron chi connectivity index (χ0n) is 9.58. The van der Waals surface area contributed by atoms with E-state index in [0.29, 0.717) is 16.1 Å². The summed E-state index contributed by atoms with van der Waals surface area (Å²) in [5.41, 5.74) is 2.01. The van der Waals surface area contributed by atoms with Gasteiger partial charge in [0.15, 0.2) is 0 Å². The summed E-state index contributed by atoms with van der Waals surface area (Å²) in [5, 5.41) is 9.30. The Hall–Kier alpha value is -1.87. The molecular formula is C14H10ClFO2. The van der Waals surface area contributed by atoms with Crippen LogP contribution < -0.4 is 0 Å². The fourth-order valence-corrected chi connectivity index (χ4v) is 1.94. The van der Waals surface area contributed by atoms with Crippen LogP contribution >= 0.6 is 11.6 Å². The minimum absolute atomic E-state index is 0.111. The number of rotatable bonds is 2. The summed E-state index contributed by atoms with van der Waals surface area (Å²) in [6.45, 7) is 1.65. The lowest BCUT2D eigenvalue weighted by atomic mass is 10.0. The molecule has 0 radical (unpaired) electrons. The topological polar surface area (TPSA) is 37.3 Å². The molecule has 2 aromatic carbocycles. The van der Waals surface area contributed by atoms with Crippen LogP contribution in [0.15, 0.2) is 36.4 Å². The fourth-order valence-electron chi connectivity index (χ4n) is 1.70. The summed E-state index contributed by atoms with van der Waals surface area (Å²) in [5.74, 6) is -1.34. The van der Waals surface area contributed by atoms with Crippen molar-refractivity contribution in [3.63, 3.8) is 0 Å². The first kappa shape index (κ1) is 12.6. The molecule has 4 heteroatoms. The maximum absolute atomic E-state index is 13.2. The lowest BCUT2D eigenvalue weighted by molar-refractivity contribution is 0.0697. The quantitative estimate of drug-likeness (QED) is 0.885. The number of carboxylic acid groups (broad SMARTS) is 1. The SMILES string of the molecule is Cc1cc(-c2cc(Cl)cc(C(=O)O)c2)ccc1F. The molecular weight excluding hydrogens is 255 g/mol. The monoisotopic (exact) mass is 264 g/mol. The second-order valence-corrected chi connectivity index (χ2v) is 4.43. The Morgan fingerprint density at radius 3 is 2.50 bits per heavy atom. The van der Waals surface area contributed by atoms with Crippen molar-refractivity contribution in [1.29, 1.82) is 0 Å². The van der Waals surface area contributed by atoms with Gasteiger partial charge in [-0.05, 0) is 53.9 Å². The number of aromatic carboxylic acids is 1. The predicted molar refractivity (Wildman–Crippen MR) is 68.5 cm³/mol. The summed E-state index contributed by atoms with van der Waals surface area (Å²) in [6, 6.07) is 9.16. The summed E-state index contributed by atoms with van der Waals surface area (Å²) in [4.78, 5) is 10.9. The Labute approximate surface area is 109 Å². The Bertz CT molecular complexity index is 623. The van der Waals surface area contributed by atoms with Crippen molar-refractivity contribution in [2.45, 2.75) is 6.92 Å². The van der Waals surface area contributed by atoms with E-state index in [0.717, 1.165) is 5.56 Å². The van der Waals surface area contributed by atoms with Gasteiger partial charge < -0.3 is 5.11 Å². The maximum Gasteiger partial charge on any atom is 0.335 e. The molecule has 18 heavy (non-hydrogen) atoms.